The molecule has 136 valence electrons. The van der Waals surface area contributed by atoms with Gasteiger partial charge in [0.2, 0.25) is 0 Å². The van der Waals surface area contributed by atoms with Crippen molar-refractivity contribution in [3.63, 3.8) is 0 Å². The number of hydrogen-bond acceptors (Lipinski definition) is 5. The minimum absolute atomic E-state index is 0.247. The normalized spacial score (nSPS) is 15.3. The maximum atomic E-state index is 11.7. The number of hydrogen-bond donors (Lipinski definition) is 0. The Morgan fingerprint density at radius 3 is 2.81 bits per heavy atom. The number of methoxy groups -OCH3 is 1. The third kappa shape index (κ3) is 3.36. The highest BCUT2D eigenvalue weighted by Crippen LogP contribution is 2.33. The third-order valence-corrected chi connectivity index (χ3v) is 4.76. The molecule has 2 aromatic carbocycles. The highest BCUT2D eigenvalue weighted by molar-refractivity contribution is 6.31. The van der Waals surface area contributed by atoms with Gasteiger partial charge >= 0.3 is 5.97 Å². The van der Waals surface area contributed by atoms with Crippen LogP contribution in [0.3, 0.4) is 0 Å². The Morgan fingerprint density at radius 2 is 2.04 bits per heavy atom. The first-order chi connectivity index (χ1) is 13.2. The van der Waals surface area contributed by atoms with Gasteiger partial charge in [0.05, 0.1) is 18.5 Å². The van der Waals surface area contributed by atoms with Crippen LogP contribution in [0.1, 0.15) is 35.8 Å². The summed E-state index contributed by atoms with van der Waals surface area (Å²) in [5.41, 5.74) is 3.59. The van der Waals surface area contributed by atoms with E-state index in [0.29, 0.717) is 17.3 Å². The Labute approximate surface area is 161 Å². The minimum atomic E-state index is -0.326. The summed E-state index contributed by atoms with van der Waals surface area (Å²) in [6.45, 7) is 0. The van der Waals surface area contributed by atoms with Crippen LogP contribution in [-0.2, 0) is 9.53 Å². The fourth-order valence-electron chi connectivity index (χ4n) is 3.22. The second-order valence-electron chi connectivity index (χ2n) is 6.19. The van der Waals surface area contributed by atoms with Gasteiger partial charge in [-0.2, -0.15) is 0 Å². The quantitative estimate of drug-likeness (QED) is 0.646. The summed E-state index contributed by atoms with van der Waals surface area (Å²) in [5.74, 6) is 0.413. The number of halogens is 1. The molecule has 0 saturated carbocycles. The molecule has 0 bridgehead atoms. The predicted octanol–water partition coefficient (Wildman–Crippen LogP) is 3.77. The van der Waals surface area contributed by atoms with E-state index in [1.54, 1.807) is 6.33 Å². The maximum Gasteiger partial charge on any atom is 0.305 e. The van der Waals surface area contributed by atoms with Gasteiger partial charge in [-0.05, 0) is 24.6 Å². The van der Waals surface area contributed by atoms with Crippen molar-refractivity contribution >= 4 is 23.3 Å². The molecule has 0 unspecified atom stereocenters. The van der Waals surface area contributed by atoms with Crippen molar-refractivity contribution in [2.45, 2.75) is 18.9 Å². The van der Waals surface area contributed by atoms with E-state index in [2.05, 4.69) is 10.2 Å². The van der Waals surface area contributed by atoms with E-state index in [-0.39, 0.29) is 18.4 Å². The summed E-state index contributed by atoms with van der Waals surface area (Å²) in [4.78, 5) is 16.6. The van der Waals surface area contributed by atoms with Crippen LogP contribution in [0.4, 0.5) is 0 Å². The first-order valence-corrected chi connectivity index (χ1v) is 8.95. The average Bonchev–Trinajstić information content (AvgIpc) is 3.13. The number of benzene rings is 2. The molecule has 0 saturated heterocycles. The summed E-state index contributed by atoms with van der Waals surface area (Å²) in [7, 11) is 1.38. The van der Waals surface area contributed by atoms with Crippen LogP contribution in [0.2, 0.25) is 5.02 Å². The van der Waals surface area contributed by atoms with Gasteiger partial charge in [0.1, 0.15) is 12.4 Å². The lowest BCUT2D eigenvalue weighted by Gasteiger charge is -2.11. The molecule has 27 heavy (non-hydrogen) atoms. The number of aliphatic imine (C=N–C) groups is 1. The van der Waals surface area contributed by atoms with Crippen LogP contribution < -0.4 is 0 Å². The molecule has 1 aliphatic rings. The Bertz CT molecular complexity index is 1010. The fourth-order valence-corrected chi connectivity index (χ4v) is 3.40. The fraction of sp³-hybridized carbons (Fsp3) is 0.200. The summed E-state index contributed by atoms with van der Waals surface area (Å²) in [5, 5.41) is 8.95. The van der Waals surface area contributed by atoms with Crippen molar-refractivity contribution in [1.82, 2.24) is 14.8 Å². The highest BCUT2D eigenvalue weighted by Gasteiger charge is 2.27. The molecule has 0 amide bonds. The SMILES string of the molecule is COC(=O)CC[C@@H]1N=C(c2ccccc2)c2cc(Cl)ccc2-n2cnnc21. The lowest BCUT2D eigenvalue weighted by molar-refractivity contribution is -0.140. The van der Waals surface area contributed by atoms with E-state index < -0.39 is 0 Å². The molecule has 6 nitrogen and oxygen atoms in total. The average molecular weight is 381 g/mol. The Kier molecular flexibility index (Phi) is 4.73. The van der Waals surface area contributed by atoms with E-state index in [0.717, 1.165) is 22.5 Å². The molecular weight excluding hydrogens is 364 g/mol. The zero-order chi connectivity index (χ0) is 18.8. The summed E-state index contributed by atoms with van der Waals surface area (Å²) in [6.07, 6.45) is 2.39. The number of fused-ring (bicyclic) bond motifs is 3. The van der Waals surface area contributed by atoms with E-state index in [4.69, 9.17) is 21.3 Å². The molecule has 3 aromatic rings. The van der Waals surface area contributed by atoms with Crippen molar-refractivity contribution in [3.8, 4) is 5.69 Å². The molecule has 0 spiro atoms. The molecule has 1 atom stereocenters. The van der Waals surface area contributed by atoms with Crippen LogP contribution in [0.25, 0.3) is 5.69 Å². The van der Waals surface area contributed by atoms with Gasteiger partial charge < -0.3 is 4.74 Å². The highest BCUT2D eigenvalue weighted by atomic mass is 35.5. The van der Waals surface area contributed by atoms with E-state index in [1.165, 1.54) is 7.11 Å². The zero-order valence-corrected chi connectivity index (χ0v) is 15.4. The van der Waals surface area contributed by atoms with Crippen LogP contribution in [0, 0.1) is 0 Å². The van der Waals surface area contributed by atoms with Gasteiger partial charge in [-0.15, -0.1) is 10.2 Å². The molecular formula is C20H17ClN4O2. The summed E-state index contributed by atoms with van der Waals surface area (Å²) < 4.78 is 6.69. The Balaban J connectivity index is 1.89. The molecule has 0 radical (unpaired) electrons. The molecule has 7 heteroatoms. The Hall–Kier alpha value is -2.99. The van der Waals surface area contributed by atoms with E-state index >= 15 is 0 Å². The van der Waals surface area contributed by atoms with Crippen LogP contribution >= 0.6 is 11.6 Å². The molecule has 0 fully saturated rings. The molecule has 4 rings (SSSR count). The van der Waals surface area contributed by atoms with Crippen molar-refractivity contribution < 1.29 is 9.53 Å². The first-order valence-electron chi connectivity index (χ1n) is 8.57. The number of nitrogens with zero attached hydrogens (tertiary/aromatic N) is 4. The summed E-state index contributed by atoms with van der Waals surface area (Å²) in [6, 6.07) is 15.3. The number of carbonyl (C=O) groups is 1. The number of carbonyl (C=O) groups excluding carboxylic acids is 1. The lowest BCUT2D eigenvalue weighted by atomic mass is 10.0. The topological polar surface area (TPSA) is 69.4 Å². The molecule has 2 heterocycles. The third-order valence-electron chi connectivity index (χ3n) is 4.53. The van der Waals surface area contributed by atoms with Crippen LogP contribution in [0.15, 0.2) is 59.9 Å². The standard InChI is InChI=1S/C20H17ClN4O2/c1-27-18(26)10-8-16-20-24-22-12-25(20)17-9-7-14(21)11-15(17)19(23-16)13-5-3-2-4-6-13/h2-7,9,11-12,16H,8,10H2,1H3/t16-/m0/s1. The lowest BCUT2D eigenvalue weighted by Crippen LogP contribution is -2.08. The van der Waals surface area contributed by atoms with Gasteiger partial charge in [0.15, 0.2) is 5.82 Å². The number of esters is 1. The van der Waals surface area contributed by atoms with Crippen LogP contribution in [0.5, 0.6) is 0 Å². The van der Waals surface area contributed by atoms with Crippen molar-refractivity contribution in [2.75, 3.05) is 7.11 Å². The number of ether oxygens (including phenoxy) is 1. The minimum Gasteiger partial charge on any atom is -0.469 e. The molecule has 1 aliphatic heterocycles. The van der Waals surface area contributed by atoms with Gasteiger partial charge in [-0.3, -0.25) is 14.4 Å². The maximum absolute atomic E-state index is 11.7. The van der Waals surface area contributed by atoms with Crippen molar-refractivity contribution in [2.24, 2.45) is 4.99 Å². The van der Waals surface area contributed by atoms with E-state index in [1.807, 2.05) is 53.1 Å². The van der Waals surface area contributed by atoms with Crippen molar-refractivity contribution in [3.05, 3.63) is 76.8 Å². The Morgan fingerprint density at radius 1 is 1.22 bits per heavy atom. The predicted molar refractivity (Wildman–Crippen MR) is 102 cm³/mol. The monoisotopic (exact) mass is 380 g/mol. The number of rotatable bonds is 4. The van der Waals surface area contributed by atoms with Gasteiger partial charge in [-0.1, -0.05) is 41.9 Å². The van der Waals surface area contributed by atoms with Gasteiger partial charge in [0.25, 0.3) is 0 Å². The second-order valence-corrected chi connectivity index (χ2v) is 6.63. The first kappa shape index (κ1) is 17.4. The largest absolute Gasteiger partial charge is 0.469 e. The van der Waals surface area contributed by atoms with E-state index in [9.17, 15) is 4.79 Å². The van der Waals surface area contributed by atoms with Gasteiger partial charge in [-0.25, -0.2) is 0 Å². The molecule has 1 aromatic heterocycles. The molecule has 0 N–H and O–H groups in total. The zero-order valence-electron chi connectivity index (χ0n) is 14.7. The molecule has 0 aliphatic carbocycles. The van der Waals surface area contributed by atoms with Crippen molar-refractivity contribution in [1.29, 1.82) is 0 Å². The summed E-state index contributed by atoms with van der Waals surface area (Å²) >= 11 is 6.28. The van der Waals surface area contributed by atoms with Gasteiger partial charge in [0, 0.05) is 22.6 Å². The second kappa shape index (κ2) is 7.32. The number of aromatic nitrogens is 3. The van der Waals surface area contributed by atoms with Crippen LogP contribution in [-0.4, -0.2) is 33.6 Å². The smallest absolute Gasteiger partial charge is 0.305 e.